The van der Waals surface area contributed by atoms with Gasteiger partial charge in [-0.1, -0.05) is 5.92 Å². The van der Waals surface area contributed by atoms with Crippen LogP contribution in [0.4, 0.5) is 0 Å². The van der Waals surface area contributed by atoms with Gasteiger partial charge in [0, 0.05) is 5.25 Å². The maximum atomic E-state index is 10.1. The maximum absolute atomic E-state index is 10.1. The van der Waals surface area contributed by atoms with Crippen LogP contribution in [0.25, 0.3) is 0 Å². The minimum Gasteiger partial charge on any atom is -0.216 e. The summed E-state index contributed by atoms with van der Waals surface area (Å²) in [6.07, 6.45) is 1.07. The first-order chi connectivity index (χ1) is 3.06. The van der Waals surface area contributed by atoms with Gasteiger partial charge in [0.15, 0.2) is 0 Å². The second-order valence-corrected chi connectivity index (χ2v) is 2.87. The van der Waals surface area contributed by atoms with E-state index in [-0.39, 0.29) is 0 Å². The molecule has 0 amide bonds. The molecule has 0 spiro atoms. The summed E-state index contributed by atoms with van der Waals surface area (Å²) in [5.74, 6) is 2.27. The molecule has 0 saturated carbocycles. The van der Waals surface area contributed by atoms with Gasteiger partial charge in [-0.3, -0.25) is 0 Å². The van der Waals surface area contributed by atoms with Crippen molar-refractivity contribution in [1.29, 1.82) is 0 Å². The van der Waals surface area contributed by atoms with E-state index >= 15 is 0 Å². The summed E-state index contributed by atoms with van der Waals surface area (Å²) in [7, 11) is -3.04. The van der Waals surface area contributed by atoms with Crippen LogP contribution in [-0.4, -0.2) is 14.7 Å². The van der Waals surface area contributed by atoms with Crippen LogP contribution < -0.4 is 0 Å². The molecule has 0 fully saturated rings. The Morgan fingerprint density at radius 1 is 1.43 bits per heavy atom. The Hall–Kier alpha value is -0.490. The van der Waals surface area contributed by atoms with Gasteiger partial charge in [0.1, 0.15) is 0 Å². The topological polar surface area (TPSA) is 34.1 Å². The van der Waals surface area contributed by atoms with Crippen molar-refractivity contribution >= 4 is 9.84 Å². The molecule has 0 aromatic carbocycles. The van der Waals surface area contributed by atoms with Gasteiger partial charge in [-0.25, -0.2) is 8.42 Å². The van der Waals surface area contributed by atoms with Gasteiger partial charge in [0.25, 0.3) is 0 Å². The van der Waals surface area contributed by atoms with Crippen molar-refractivity contribution in [2.45, 2.75) is 6.92 Å². The van der Waals surface area contributed by atoms with Gasteiger partial charge in [0.05, 0.1) is 6.26 Å². The van der Waals surface area contributed by atoms with Crippen LogP contribution in [0.15, 0.2) is 0 Å². The number of rotatable bonds is 0. The van der Waals surface area contributed by atoms with E-state index in [0.29, 0.717) is 0 Å². The van der Waals surface area contributed by atoms with Gasteiger partial charge in [-0.15, -0.1) is 0 Å². The van der Waals surface area contributed by atoms with Crippen LogP contribution >= 0.6 is 0 Å². The fourth-order valence-corrected chi connectivity index (χ4v) is 0.556. The molecule has 0 aromatic rings. The molecule has 0 rings (SSSR count). The zero-order chi connectivity index (χ0) is 5.91. The van der Waals surface area contributed by atoms with Gasteiger partial charge < -0.3 is 0 Å². The van der Waals surface area contributed by atoms with Crippen LogP contribution in [0.3, 0.4) is 0 Å². The monoisotopic (exact) mass is 118 g/mol. The Balaban J connectivity index is 4.34. The maximum Gasteiger partial charge on any atom is 0.213 e. The van der Waals surface area contributed by atoms with Crippen LogP contribution in [0.5, 0.6) is 0 Å². The Labute approximate surface area is 43.5 Å². The van der Waals surface area contributed by atoms with E-state index in [1.807, 2.05) is 5.25 Å². The van der Waals surface area contributed by atoms with E-state index < -0.39 is 9.84 Å². The van der Waals surface area contributed by atoms with Gasteiger partial charge in [-0.2, -0.15) is 0 Å². The van der Waals surface area contributed by atoms with Crippen molar-refractivity contribution in [1.82, 2.24) is 0 Å². The molecule has 0 unspecified atom stereocenters. The zero-order valence-electron chi connectivity index (χ0n) is 4.22. The highest BCUT2D eigenvalue weighted by Gasteiger charge is 1.87. The number of hydrogen-bond donors (Lipinski definition) is 0. The van der Waals surface area contributed by atoms with Gasteiger partial charge >= 0.3 is 0 Å². The summed E-state index contributed by atoms with van der Waals surface area (Å²) >= 11 is 0. The smallest absolute Gasteiger partial charge is 0.213 e. The zero-order valence-corrected chi connectivity index (χ0v) is 5.04. The molecule has 0 heterocycles. The van der Waals surface area contributed by atoms with E-state index in [2.05, 4.69) is 5.92 Å². The van der Waals surface area contributed by atoms with Crippen molar-refractivity contribution in [2.75, 3.05) is 6.26 Å². The summed E-state index contributed by atoms with van der Waals surface area (Å²) in [6, 6.07) is 0. The second-order valence-electron chi connectivity index (χ2n) is 1.12. The molecule has 0 aromatic heterocycles. The summed E-state index contributed by atoms with van der Waals surface area (Å²) < 4.78 is 20.1. The fraction of sp³-hybridized carbons (Fsp3) is 0.500. The molecular formula is C4H6O2S. The summed E-state index contributed by atoms with van der Waals surface area (Å²) in [5.41, 5.74) is 0. The van der Waals surface area contributed by atoms with Crippen molar-refractivity contribution in [3.05, 3.63) is 0 Å². The SMILES string of the molecule is CC#CS(C)(=O)=O. The Morgan fingerprint density at radius 2 is 1.86 bits per heavy atom. The highest BCUT2D eigenvalue weighted by molar-refractivity contribution is 7.95. The van der Waals surface area contributed by atoms with E-state index in [9.17, 15) is 8.42 Å². The van der Waals surface area contributed by atoms with Crippen molar-refractivity contribution < 1.29 is 8.42 Å². The molecule has 40 valence electrons. The average Bonchev–Trinajstić information content (AvgIpc) is 1.30. The molecule has 0 atom stereocenters. The van der Waals surface area contributed by atoms with Crippen LogP contribution in [-0.2, 0) is 9.84 Å². The molecule has 0 saturated heterocycles. The molecule has 0 aliphatic rings. The first-order valence-electron chi connectivity index (χ1n) is 1.70. The molecule has 0 aliphatic carbocycles. The quantitative estimate of drug-likeness (QED) is 0.332. The molecule has 7 heavy (non-hydrogen) atoms. The molecule has 0 bridgehead atoms. The lowest BCUT2D eigenvalue weighted by atomic mass is 10.9. The Morgan fingerprint density at radius 3 is 1.86 bits per heavy atom. The Bertz CT molecular complexity index is 189. The van der Waals surface area contributed by atoms with Crippen LogP contribution in [0, 0.1) is 11.2 Å². The van der Waals surface area contributed by atoms with Crippen LogP contribution in [0.2, 0.25) is 0 Å². The van der Waals surface area contributed by atoms with Crippen molar-refractivity contribution in [2.24, 2.45) is 0 Å². The third-order valence-corrected chi connectivity index (χ3v) is 0.862. The van der Waals surface area contributed by atoms with Gasteiger partial charge in [0.2, 0.25) is 9.84 Å². The minimum atomic E-state index is -3.04. The molecule has 0 aliphatic heterocycles. The lowest BCUT2D eigenvalue weighted by Crippen LogP contribution is -1.87. The fourth-order valence-electron chi connectivity index (χ4n) is 0.185. The molecule has 0 N–H and O–H groups in total. The average molecular weight is 118 g/mol. The highest BCUT2D eigenvalue weighted by Crippen LogP contribution is 1.72. The summed E-state index contributed by atoms with van der Waals surface area (Å²) in [4.78, 5) is 0. The van der Waals surface area contributed by atoms with E-state index in [1.54, 1.807) is 0 Å². The summed E-state index contributed by atoms with van der Waals surface area (Å²) in [5, 5.41) is 2.01. The van der Waals surface area contributed by atoms with Crippen molar-refractivity contribution in [3.8, 4) is 11.2 Å². The number of hydrogen-bond acceptors (Lipinski definition) is 2. The minimum absolute atomic E-state index is 1.07. The third kappa shape index (κ3) is 5.51. The number of sulfone groups is 1. The standard InChI is InChI=1S/C4H6O2S/c1-3-4-7(2,5)6/h1-2H3. The highest BCUT2D eigenvalue weighted by atomic mass is 32.2. The molecular weight excluding hydrogens is 112 g/mol. The largest absolute Gasteiger partial charge is 0.216 e. The first-order valence-corrected chi connectivity index (χ1v) is 3.59. The second kappa shape index (κ2) is 1.99. The lowest BCUT2D eigenvalue weighted by Gasteiger charge is -1.72. The molecule has 0 radical (unpaired) electrons. The lowest BCUT2D eigenvalue weighted by molar-refractivity contribution is 0.611. The summed E-state index contributed by atoms with van der Waals surface area (Å²) in [6.45, 7) is 1.49. The van der Waals surface area contributed by atoms with Crippen molar-refractivity contribution in [3.63, 3.8) is 0 Å². The van der Waals surface area contributed by atoms with E-state index in [1.165, 1.54) is 6.92 Å². The predicted molar refractivity (Wildman–Crippen MR) is 28.3 cm³/mol. The van der Waals surface area contributed by atoms with Gasteiger partial charge in [-0.05, 0) is 6.92 Å². The molecule has 2 nitrogen and oxygen atoms in total. The normalized spacial score (nSPS) is 9.43. The van der Waals surface area contributed by atoms with E-state index in [4.69, 9.17) is 0 Å². The predicted octanol–water partition coefficient (Wildman–Crippen LogP) is 0.0118. The van der Waals surface area contributed by atoms with E-state index in [0.717, 1.165) is 6.26 Å². The Kier molecular flexibility index (Phi) is 1.85. The molecule has 3 heteroatoms. The van der Waals surface area contributed by atoms with Crippen LogP contribution in [0.1, 0.15) is 6.92 Å². The first kappa shape index (κ1) is 6.51. The third-order valence-electron chi connectivity index (χ3n) is 0.287.